The highest BCUT2D eigenvalue weighted by atomic mass is 19.4. The molecule has 2 N–H and O–H groups in total. The van der Waals surface area contributed by atoms with E-state index in [2.05, 4.69) is 15.0 Å². The van der Waals surface area contributed by atoms with Crippen LogP contribution in [0.2, 0.25) is 0 Å². The molecule has 2 heterocycles. The number of carbonyl (C=O) groups excluding carboxylic acids is 2. The Bertz CT molecular complexity index is 810. The van der Waals surface area contributed by atoms with Crippen LogP contribution in [0.1, 0.15) is 0 Å². The van der Waals surface area contributed by atoms with Gasteiger partial charge in [-0.15, -0.1) is 0 Å². The molecule has 0 aliphatic rings. The van der Waals surface area contributed by atoms with E-state index in [9.17, 15) is 35.9 Å². The predicted octanol–water partition coefficient (Wildman–Crippen LogP) is 1.36. The monoisotopic (exact) mass is 356 g/mol. The minimum absolute atomic E-state index is 0.208. The first kappa shape index (κ1) is 17.4. The lowest BCUT2D eigenvalue weighted by Gasteiger charge is -2.10. The average Bonchev–Trinajstić information content (AvgIpc) is 2.78. The molecule has 130 valence electrons. The highest BCUT2D eigenvalue weighted by Gasteiger charge is 2.41. The van der Waals surface area contributed by atoms with Gasteiger partial charge in [-0.1, -0.05) is 0 Å². The minimum Gasteiger partial charge on any atom is -0.318 e. The molecule has 2 rings (SSSR count). The maximum absolute atomic E-state index is 12.3. The number of nitrogens with one attached hydrogen (secondary N) is 2. The van der Waals surface area contributed by atoms with Crippen LogP contribution in [0.3, 0.4) is 0 Å². The summed E-state index contributed by atoms with van der Waals surface area (Å²) in [6.45, 7) is 0. The summed E-state index contributed by atoms with van der Waals surface area (Å²) >= 11 is 0. The highest BCUT2D eigenvalue weighted by Crippen LogP contribution is 2.24. The molecule has 0 radical (unpaired) electrons. The number of hydrogen-bond donors (Lipinski definition) is 2. The van der Waals surface area contributed by atoms with Gasteiger partial charge in [-0.05, 0) is 0 Å². The zero-order valence-electron chi connectivity index (χ0n) is 11.5. The van der Waals surface area contributed by atoms with Crippen molar-refractivity contribution in [3.8, 4) is 0 Å². The lowest BCUT2D eigenvalue weighted by Crippen LogP contribution is -2.32. The number of nitrogens with zero attached hydrogens (tertiary/aromatic N) is 4. The van der Waals surface area contributed by atoms with Crippen molar-refractivity contribution in [2.75, 3.05) is 10.6 Å². The third-order valence-electron chi connectivity index (χ3n) is 2.53. The summed E-state index contributed by atoms with van der Waals surface area (Å²) in [5, 5.41) is 2.65. The zero-order chi connectivity index (χ0) is 18.3. The molecule has 2 amide bonds. The van der Waals surface area contributed by atoms with E-state index in [0.29, 0.717) is 0 Å². The summed E-state index contributed by atoms with van der Waals surface area (Å²) in [5.74, 6) is -6.61. The molecule has 0 aliphatic carbocycles. The third kappa shape index (κ3) is 3.52. The molecule has 0 bridgehead atoms. The van der Waals surface area contributed by atoms with Crippen molar-refractivity contribution in [1.29, 1.82) is 0 Å². The molecule has 2 aromatic rings. The number of fused-ring (bicyclic) bond motifs is 1. The van der Waals surface area contributed by atoms with Crippen molar-refractivity contribution in [2.45, 2.75) is 12.4 Å². The molecule has 0 atom stereocenters. The number of rotatable bonds is 2. The highest BCUT2D eigenvalue weighted by molar-refractivity contribution is 6.01. The Morgan fingerprint density at radius 2 is 1.54 bits per heavy atom. The Labute approximate surface area is 127 Å². The molecule has 0 saturated carbocycles. The van der Waals surface area contributed by atoms with Crippen LogP contribution < -0.4 is 10.6 Å². The number of anilines is 2. The number of aromatic nitrogens is 4. The van der Waals surface area contributed by atoms with Crippen molar-refractivity contribution < 1.29 is 35.9 Å². The second-order valence-corrected chi connectivity index (χ2v) is 4.33. The second-order valence-electron chi connectivity index (χ2n) is 4.33. The molecule has 24 heavy (non-hydrogen) atoms. The number of carbonyl (C=O) groups is 2. The van der Waals surface area contributed by atoms with E-state index in [1.165, 1.54) is 17.7 Å². The van der Waals surface area contributed by atoms with Crippen LogP contribution in [0.25, 0.3) is 11.2 Å². The van der Waals surface area contributed by atoms with Crippen molar-refractivity contribution in [2.24, 2.45) is 7.05 Å². The van der Waals surface area contributed by atoms with Gasteiger partial charge in [0, 0.05) is 7.05 Å². The van der Waals surface area contributed by atoms with Crippen LogP contribution in [-0.2, 0) is 16.6 Å². The first-order valence-corrected chi connectivity index (χ1v) is 5.85. The molecule has 2 aromatic heterocycles. The van der Waals surface area contributed by atoms with E-state index in [1.54, 1.807) is 0 Å². The first-order valence-electron chi connectivity index (χ1n) is 5.85. The van der Waals surface area contributed by atoms with Crippen LogP contribution >= 0.6 is 0 Å². The van der Waals surface area contributed by atoms with Crippen molar-refractivity contribution in [3.05, 3.63) is 6.33 Å². The summed E-state index contributed by atoms with van der Waals surface area (Å²) < 4.78 is 74.8. The number of aryl methyl sites for hydroxylation is 1. The SMILES string of the molecule is Cn1cnc2c(NC(=O)C(F)(F)F)nc(NC(=O)C(F)(F)F)nc21. The fraction of sp³-hybridized carbons (Fsp3) is 0.300. The van der Waals surface area contributed by atoms with Gasteiger partial charge >= 0.3 is 24.2 Å². The topological polar surface area (TPSA) is 102 Å². The molecule has 8 nitrogen and oxygen atoms in total. The maximum Gasteiger partial charge on any atom is 0.471 e. The standard InChI is InChI=1S/C10H6F6N6O2/c1-22-2-17-3-4(18-6(23)9(11,12)13)19-8(20-5(3)22)21-7(24)10(14,15)16/h2H,1H3,(H2,18,19,20,21,23,24). The molecular formula is C10H6F6N6O2. The van der Waals surface area contributed by atoms with E-state index >= 15 is 0 Å². The Balaban J connectivity index is 2.46. The van der Waals surface area contributed by atoms with Crippen molar-refractivity contribution in [1.82, 2.24) is 19.5 Å². The summed E-state index contributed by atoms with van der Waals surface area (Å²) in [5.41, 5.74) is -0.514. The van der Waals surface area contributed by atoms with E-state index < -0.39 is 35.9 Å². The van der Waals surface area contributed by atoms with Gasteiger partial charge < -0.3 is 9.88 Å². The quantitative estimate of drug-likeness (QED) is 0.792. The number of amides is 2. The Morgan fingerprint density at radius 1 is 1.00 bits per heavy atom. The largest absolute Gasteiger partial charge is 0.471 e. The van der Waals surface area contributed by atoms with Gasteiger partial charge in [-0.25, -0.2) is 4.98 Å². The molecule has 0 saturated heterocycles. The Kier molecular flexibility index (Phi) is 4.07. The van der Waals surface area contributed by atoms with Crippen LogP contribution in [0.5, 0.6) is 0 Å². The Morgan fingerprint density at radius 3 is 2.08 bits per heavy atom. The van der Waals surface area contributed by atoms with Crippen LogP contribution in [-0.4, -0.2) is 43.7 Å². The zero-order valence-corrected chi connectivity index (χ0v) is 11.5. The molecule has 0 unspecified atom stereocenters. The van der Waals surface area contributed by atoms with Gasteiger partial charge in [-0.3, -0.25) is 14.9 Å². The number of alkyl halides is 6. The number of hydrogen-bond acceptors (Lipinski definition) is 5. The summed E-state index contributed by atoms with van der Waals surface area (Å²) in [6, 6.07) is 0. The van der Waals surface area contributed by atoms with Crippen molar-refractivity contribution >= 4 is 34.7 Å². The minimum atomic E-state index is -5.26. The molecule has 0 aliphatic heterocycles. The van der Waals surface area contributed by atoms with Gasteiger partial charge in [0.05, 0.1) is 6.33 Å². The predicted molar refractivity (Wildman–Crippen MR) is 65.7 cm³/mol. The maximum atomic E-state index is 12.3. The van der Waals surface area contributed by atoms with Crippen LogP contribution in [0, 0.1) is 0 Å². The van der Waals surface area contributed by atoms with E-state index in [0.717, 1.165) is 10.9 Å². The molecule has 0 aromatic carbocycles. The fourth-order valence-corrected chi connectivity index (χ4v) is 1.50. The molecule has 0 spiro atoms. The summed E-state index contributed by atoms with van der Waals surface area (Å²) in [6.07, 6.45) is -9.44. The smallest absolute Gasteiger partial charge is 0.318 e. The normalized spacial score (nSPS) is 12.3. The first-order chi connectivity index (χ1) is 10.9. The van der Waals surface area contributed by atoms with Gasteiger partial charge in [0.2, 0.25) is 5.95 Å². The van der Waals surface area contributed by atoms with Gasteiger partial charge in [-0.2, -0.15) is 36.3 Å². The summed E-state index contributed by atoms with van der Waals surface area (Å²) in [4.78, 5) is 32.3. The number of imidazole rings is 1. The lowest BCUT2D eigenvalue weighted by atomic mass is 10.4. The van der Waals surface area contributed by atoms with Crippen LogP contribution in [0.15, 0.2) is 6.33 Å². The van der Waals surface area contributed by atoms with Gasteiger partial charge in [0.25, 0.3) is 0 Å². The lowest BCUT2D eigenvalue weighted by molar-refractivity contribution is -0.167. The average molecular weight is 356 g/mol. The third-order valence-corrected chi connectivity index (χ3v) is 2.53. The van der Waals surface area contributed by atoms with Crippen molar-refractivity contribution in [3.63, 3.8) is 0 Å². The van der Waals surface area contributed by atoms with Gasteiger partial charge in [0.1, 0.15) is 0 Å². The Hall–Kier alpha value is -2.93. The van der Waals surface area contributed by atoms with E-state index in [-0.39, 0.29) is 11.2 Å². The number of halogens is 6. The summed E-state index contributed by atoms with van der Waals surface area (Å²) in [7, 11) is 1.34. The second kappa shape index (κ2) is 5.61. The molecule has 14 heteroatoms. The van der Waals surface area contributed by atoms with Gasteiger partial charge in [0.15, 0.2) is 17.0 Å². The van der Waals surface area contributed by atoms with E-state index in [1.807, 2.05) is 0 Å². The molecule has 0 fully saturated rings. The molecular weight excluding hydrogens is 350 g/mol. The fourth-order valence-electron chi connectivity index (χ4n) is 1.50. The van der Waals surface area contributed by atoms with Crippen LogP contribution in [0.4, 0.5) is 38.1 Å². The van der Waals surface area contributed by atoms with E-state index in [4.69, 9.17) is 0 Å².